The van der Waals surface area contributed by atoms with Crippen LogP contribution in [0, 0.1) is 0 Å². The quantitative estimate of drug-likeness (QED) is 0.805. The van der Waals surface area contributed by atoms with Crippen molar-refractivity contribution in [1.82, 2.24) is 4.90 Å². The third-order valence-corrected chi connectivity index (χ3v) is 4.98. The zero-order chi connectivity index (χ0) is 19.9. The van der Waals surface area contributed by atoms with E-state index in [1.807, 2.05) is 29.2 Å². The molecule has 3 rings (SSSR count). The lowest BCUT2D eigenvalue weighted by molar-refractivity contribution is -0.118. The fourth-order valence-electron chi connectivity index (χ4n) is 3.27. The summed E-state index contributed by atoms with van der Waals surface area (Å²) in [5, 5.41) is 2.80. The van der Waals surface area contributed by atoms with Crippen molar-refractivity contribution < 1.29 is 14.3 Å². The maximum atomic E-state index is 12.5. The van der Waals surface area contributed by atoms with Crippen LogP contribution in [-0.4, -0.2) is 36.4 Å². The highest BCUT2D eigenvalue weighted by Gasteiger charge is 2.18. The van der Waals surface area contributed by atoms with Gasteiger partial charge in [0.1, 0.15) is 5.75 Å². The Morgan fingerprint density at radius 3 is 2.21 bits per heavy atom. The first-order valence-corrected chi connectivity index (χ1v) is 9.95. The molecule has 1 heterocycles. The summed E-state index contributed by atoms with van der Waals surface area (Å²) in [7, 11) is 0. The molecule has 0 atom stereocenters. The van der Waals surface area contributed by atoms with E-state index in [0.29, 0.717) is 22.9 Å². The number of carbonyl (C=O) groups is 2. The highest BCUT2D eigenvalue weighted by atomic mass is 16.5. The van der Waals surface area contributed by atoms with Gasteiger partial charge in [-0.1, -0.05) is 26.0 Å². The van der Waals surface area contributed by atoms with Crippen LogP contribution in [0.25, 0.3) is 0 Å². The van der Waals surface area contributed by atoms with Crippen LogP contribution in [0.3, 0.4) is 0 Å². The van der Waals surface area contributed by atoms with E-state index in [4.69, 9.17) is 4.74 Å². The second-order valence-corrected chi connectivity index (χ2v) is 7.49. The summed E-state index contributed by atoms with van der Waals surface area (Å²) in [4.78, 5) is 26.5. The highest BCUT2D eigenvalue weighted by Crippen LogP contribution is 2.19. The van der Waals surface area contributed by atoms with Crippen LogP contribution in [-0.2, 0) is 4.79 Å². The van der Waals surface area contributed by atoms with E-state index in [2.05, 4.69) is 19.2 Å². The number of ether oxygens (including phenoxy) is 1. The molecule has 148 valence electrons. The molecule has 28 heavy (non-hydrogen) atoms. The van der Waals surface area contributed by atoms with Crippen LogP contribution in [0.4, 0.5) is 5.69 Å². The number of likely N-dealkylation sites (tertiary alicyclic amines) is 1. The molecule has 2 amide bonds. The molecular formula is C23H28N2O3. The van der Waals surface area contributed by atoms with Crippen LogP contribution in [0.15, 0.2) is 48.5 Å². The Kier molecular flexibility index (Phi) is 6.69. The zero-order valence-electron chi connectivity index (χ0n) is 16.6. The van der Waals surface area contributed by atoms with Crippen LogP contribution in [0.1, 0.15) is 54.9 Å². The van der Waals surface area contributed by atoms with E-state index in [1.165, 1.54) is 12.0 Å². The molecule has 1 fully saturated rings. The first-order valence-electron chi connectivity index (χ1n) is 9.95. The number of anilines is 1. The van der Waals surface area contributed by atoms with Crippen molar-refractivity contribution in [2.75, 3.05) is 25.0 Å². The second-order valence-electron chi connectivity index (χ2n) is 7.49. The summed E-state index contributed by atoms with van der Waals surface area (Å²) in [6, 6.07) is 14.8. The molecule has 2 aromatic carbocycles. The summed E-state index contributed by atoms with van der Waals surface area (Å²) in [5.74, 6) is 0.956. The van der Waals surface area contributed by atoms with E-state index in [0.717, 1.165) is 25.9 Å². The van der Waals surface area contributed by atoms with Crippen molar-refractivity contribution in [3.05, 3.63) is 59.7 Å². The third kappa shape index (κ3) is 5.35. The van der Waals surface area contributed by atoms with Gasteiger partial charge in [0, 0.05) is 24.3 Å². The summed E-state index contributed by atoms with van der Waals surface area (Å²) in [5.41, 5.74) is 2.54. The lowest BCUT2D eigenvalue weighted by Crippen LogP contribution is -2.35. The minimum atomic E-state index is -0.233. The Balaban J connectivity index is 1.49. The van der Waals surface area contributed by atoms with Crippen LogP contribution in [0.2, 0.25) is 0 Å². The second kappa shape index (κ2) is 9.40. The van der Waals surface area contributed by atoms with Crippen molar-refractivity contribution in [1.29, 1.82) is 0 Å². The number of nitrogens with zero attached hydrogens (tertiary/aromatic N) is 1. The zero-order valence-corrected chi connectivity index (χ0v) is 16.6. The maximum Gasteiger partial charge on any atom is 0.262 e. The van der Waals surface area contributed by atoms with Crippen molar-refractivity contribution >= 4 is 17.5 Å². The van der Waals surface area contributed by atoms with Gasteiger partial charge in [-0.2, -0.15) is 0 Å². The summed E-state index contributed by atoms with van der Waals surface area (Å²) < 4.78 is 5.54. The van der Waals surface area contributed by atoms with Gasteiger partial charge in [0.15, 0.2) is 6.61 Å². The predicted molar refractivity (Wildman–Crippen MR) is 111 cm³/mol. The Bertz CT molecular complexity index is 792. The molecule has 0 bridgehead atoms. The number of amides is 2. The molecule has 0 radical (unpaired) electrons. The minimum Gasteiger partial charge on any atom is -0.484 e. The average Bonchev–Trinajstić information content (AvgIpc) is 2.73. The topological polar surface area (TPSA) is 58.6 Å². The fourth-order valence-corrected chi connectivity index (χ4v) is 3.27. The monoisotopic (exact) mass is 380 g/mol. The number of hydrogen-bond donors (Lipinski definition) is 1. The smallest absolute Gasteiger partial charge is 0.262 e. The molecule has 0 aliphatic carbocycles. The molecule has 1 aliphatic heterocycles. The molecule has 0 aromatic heterocycles. The fraction of sp³-hybridized carbons (Fsp3) is 0.391. The SMILES string of the molecule is CC(C)c1ccc(OCC(=O)Nc2ccc(C(=O)N3CCCCC3)cc2)cc1. The Morgan fingerprint density at radius 2 is 1.61 bits per heavy atom. The normalized spacial score (nSPS) is 14.0. The molecule has 0 unspecified atom stereocenters. The summed E-state index contributed by atoms with van der Waals surface area (Å²) in [6.07, 6.45) is 3.33. The number of rotatable bonds is 6. The van der Waals surface area contributed by atoms with Crippen molar-refractivity contribution in [2.24, 2.45) is 0 Å². The lowest BCUT2D eigenvalue weighted by Gasteiger charge is -2.26. The predicted octanol–water partition coefficient (Wildman–Crippen LogP) is 4.45. The van der Waals surface area contributed by atoms with Gasteiger partial charge in [0.05, 0.1) is 0 Å². The van der Waals surface area contributed by atoms with Gasteiger partial charge in [-0.15, -0.1) is 0 Å². The summed E-state index contributed by atoms with van der Waals surface area (Å²) >= 11 is 0. The van der Waals surface area contributed by atoms with Gasteiger partial charge in [-0.25, -0.2) is 0 Å². The first kappa shape index (κ1) is 19.9. The number of benzene rings is 2. The third-order valence-electron chi connectivity index (χ3n) is 4.98. The number of piperidine rings is 1. The van der Waals surface area contributed by atoms with E-state index >= 15 is 0 Å². The van der Waals surface area contributed by atoms with Crippen LogP contribution in [0.5, 0.6) is 5.75 Å². The van der Waals surface area contributed by atoms with Crippen molar-refractivity contribution in [3.63, 3.8) is 0 Å². The molecule has 5 heteroatoms. The highest BCUT2D eigenvalue weighted by molar-refractivity contribution is 5.96. The molecule has 2 aromatic rings. The Morgan fingerprint density at radius 1 is 0.964 bits per heavy atom. The van der Waals surface area contributed by atoms with Gasteiger partial charge in [-0.3, -0.25) is 9.59 Å². The Hall–Kier alpha value is -2.82. The van der Waals surface area contributed by atoms with Crippen molar-refractivity contribution in [2.45, 2.75) is 39.0 Å². The number of nitrogens with one attached hydrogen (secondary N) is 1. The molecular weight excluding hydrogens is 352 g/mol. The van der Waals surface area contributed by atoms with Gasteiger partial charge in [0.2, 0.25) is 0 Å². The molecule has 0 spiro atoms. The average molecular weight is 380 g/mol. The molecule has 1 aliphatic rings. The van der Waals surface area contributed by atoms with Crippen LogP contribution < -0.4 is 10.1 Å². The lowest BCUT2D eigenvalue weighted by atomic mass is 10.0. The van der Waals surface area contributed by atoms with E-state index in [9.17, 15) is 9.59 Å². The van der Waals surface area contributed by atoms with Crippen molar-refractivity contribution in [3.8, 4) is 5.75 Å². The van der Waals surface area contributed by atoms with Gasteiger partial charge >= 0.3 is 0 Å². The number of carbonyl (C=O) groups excluding carboxylic acids is 2. The number of hydrogen-bond acceptors (Lipinski definition) is 3. The summed E-state index contributed by atoms with van der Waals surface area (Å²) in [6.45, 7) is 5.86. The van der Waals surface area contributed by atoms with Gasteiger partial charge in [0.25, 0.3) is 11.8 Å². The van der Waals surface area contributed by atoms with E-state index < -0.39 is 0 Å². The van der Waals surface area contributed by atoms with Gasteiger partial charge < -0.3 is 15.0 Å². The van der Waals surface area contributed by atoms with E-state index in [1.54, 1.807) is 24.3 Å². The van der Waals surface area contributed by atoms with Gasteiger partial charge in [-0.05, 0) is 67.1 Å². The molecule has 0 saturated carbocycles. The maximum absolute atomic E-state index is 12.5. The largest absolute Gasteiger partial charge is 0.484 e. The first-order chi connectivity index (χ1) is 13.5. The molecule has 5 nitrogen and oxygen atoms in total. The Labute approximate surface area is 166 Å². The molecule has 1 N–H and O–H groups in total. The minimum absolute atomic E-state index is 0.0600. The van der Waals surface area contributed by atoms with E-state index in [-0.39, 0.29) is 18.4 Å². The molecule has 1 saturated heterocycles. The standard InChI is InChI=1S/C23H28N2O3/c1-17(2)18-8-12-21(13-9-18)28-16-22(26)24-20-10-6-19(7-11-20)23(27)25-14-4-3-5-15-25/h6-13,17H,3-5,14-16H2,1-2H3,(H,24,26). The van der Waals surface area contributed by atoms with Crippen LogP contribution >= 0.6 is 0 Å².